The van der Waals surface area contributed by atoms with Crippen LogP contribution >= 0.6 is 0 Å². The molecule has 5 nitrogen and oxygen atoms in total. The molecule has 0 amide bonds. The lowest BCUT2D eigenvalue weighted by Crippen LogP contribution is -2.41. The number of benzene rings is 1. The van der Waals surface area contributed by atoms with Gasteiger partial charge in [0.05, 0.1) is 32.5 Å². The van der Waals surface area contributed by atoms with Gasteiger partial charge in [-0.3, -0.25) is 0 Å². The van der Waals surface area contributed by atoms with Gasteiger partial charge in [0.25, 0.3) is 0 Å². The zero-order chi connectivity index (χ0) is 17.6. The lowest BCUT2D eigenvalue weighted by Gasteiger charge is -2.32. The van der Waals surface area contributed by atoms with Gasteiger partial charge in [0, 0.05) is 0 Å². The molecule has 128 valence electrons. The highest BCUT2D eigenvalue weighted by Gasteiger charge is 2.53. The lowest BCUT2D eigenvalue weighted by molar-refractivity contribution is 0.00578. The van der Waals surface area contributed by atoms with Gasteiger partial charge in [-0.15, -0.1) is 0 Å². The fraction of sp³-hybridized carbons (Fsp3) is 0.647. The van der Waals surface area contributed by atoms with E-state index in [0.29, 0.717) is 17.2 Å². The summed E-state index contributed by atoms with van der Waals surface area (Å²) in [4.78, 5) is 0. The number of methoxy groups -OCH3 is 3. The third-order valence-corrected chi connectivity index (χ3v) is 5.00. The summed E-state index contributed by atoms with van der Waals surface area (Å²) in [7, 11) is 4.36. The summed E-state index contributed by atoms with van der Waals surface area (Å²) >= 11 is 0. The van der Waals surface area contributed by atoms with Crippen LogP contribution in [0, 0.1) is 13.8 Å². The topological polar surface area (TPSA) is 46.2 Å². The molecule has 0 bridgehead atoms. The zero-order valence-corrected chi connectivity index (χ0v) is 15.6. The SMILES string of the molecule is COc1c(C)c(B2OC(C)(C)C(C)(C)O2)c(C)c(OC)c1OC. The van der Waals surface area contributed by atoms with Crippen molar-refractivity contribution in [3.63, 3.8) is 0 Å². The van der Waals surface area contributed by atoms with Crippen LogP contribution in [-0.4, -0.2) is 39.6 Å². The summed E-state index contributed by atoms with van der Waals surface area (Å²) in [6.45, 7) is 12.1. The van der Waals surface area contributed by atoms with E-state index < -0.39 is 18.3 Å². The molecule has 6 heteroatoms. The van der Waals surface area contributed by atoms with Gasteiger partial charge in [0.2, 0.25) is 5.75 Å². The minimum Gasteiger partial charge on any atom is -0.492 e. The zero-order valence-electron chi connectivity index (χ0n) is 15.6. The summed E-state index contributed by atoms with van der Waals surface area (Å²) in [6, 6.07) is 0. The van der Waals surface area contributed by atoms with Crippen LogP contribution in [0.3, 0.4) is 0 Å². The Labute approximate surface area is 139 Å². The predicted octanol–water partition coefficient (Wildman–Crippen LogP) is 2.63. The van der Waals surface area contributed by atoms with Gasteiger partial charge in [-0.1, -0.05) is 0 Å². The molecule has 23 heavy (non-hydrogen) atoms. The molecule has 1 aliphatic heterocycles. The molecule has 1 aromatic rings. The quantitative estimate of drug-likeness (QED) is 0.798. The van der Waals surface area contributed by atoms with Gasteiger partial charge in [-0.05, 0) is 58.1 Å². The van der Waals surface area contributed by atoms with Crippen molar-refractivity contribution in [1.82, 2.24) is 0 Å². The molecule has 0 saturated carbocycles. The van der Waals surface area contributed by atoms with E-state index in [9.17, 15) is 0 Å². The Kier molecular flexibility index (Phi) is 4.61. The first-order valence-electron chi connectivity index (χ1n) is 7.76. The predicted molar refractivity (Wildman–Crippen MR) is 91.3 cm³/mol. The van der Waals surface area contributed by atoms with Crippen LogP contribution in [0.25, 0.3) is 0 Å². The van der Waals surface area contributed by atoms with E-state index in [4.69, 9.17) is 23.5 Å². The van der Waals surface area contributed by atoms with Gasteiger partial charge in [0.15, 0.2) is 11.5 Å². The Hall–Kier alpha value is -1.40. The van der Waals surface area contributed by atoms with E-state index in [1.165, 1.54) is 0 Å². The van der Waals surface area contributed by atoms with E-state index in [1.54, 1.807) is 21.3 Å². The molecule has 0 atom stereocenters. The first kappa shape index (κ1) is 18.0. The molecular weight excluding hydrogens is 295 g/mol. The standard InChI is InChI=1S/C17H27BO5/c1-10-12(18-22-16(3,4)17(5,6)23-18)11(2)14(20-8)15(21-9)13(10)19-7/h1-9H3. The molecule has 0 N–H and O–H groups in total. The summed E-state index contributed by atoms with van der Waals surface area (Å²) in [5.41, 5.74) is 1.98. The van der Waals surface area contributed by atoms with Crippen molar-refractivity contribution >= 4 is 12.6 Å². The maximum Gasteiger partial charge on any atom is 0.495 e. The molecule has 0 aliphatic carbocycles. The van der Waals surface area contributed by atoms with Crippen molar-refractivity contribution in [3.8, 4) is 17.2 Å². The Morgan fingerprint density at radius 2 is 1.04 bits per heavy atom. The van der Waals surface area contributed by atoms with E-state index in [1.807, 2.05) is 41.5 Å². The summed E-state index contributed by atoms with van der Waals surface area (Å²) in [6.07, 6.45) is 0. The molecule has 1 fully saturated rings. The molecule has 0 radical (unpaired) electrons. The van der Waals surface area contributed by atoms with Crippen LogP contribution in [0.2, 0.25) is 0 Å². The number of hydrogen-bond acceptors (Lipinski definition) is 5. The second kappa shape index (κ2) is 5.91. The van der Waals surface area contributed by atoms with E-state index in [-0.39, 0.29) is 0 Å². The third-order valence-electron chi connectivity index (χ3n) is 5.00. The fourth-order valence-corrected chi connectivity index (χ4v) is 2.96. The minimum absolute atomic E-state index is 0.406. The van der Waals surface area contributed by atoms with Crippen molar-refractivity contribution in [2.24, 2.45) is 0 Å². The molecule has 1 heterocycles. The van der Waals surface area contributed by atoms with Crippen molar-refractivity contribution in [1.29, 1.82) is 0 Å². The van der Waals surface area contributed by atoms with Crippen molar-refractivity contribution in [2.75, 3.05) is 21.3 Å². The van der Waals surface area contributed by atoms with Crippen molar-refractivity contribution < 1.29 is 23.5 Å². The van der Waals surface area contributed by atoms with Crippen LogP contribution in [0.4, 0.5) is 0 Å². The van der Waals surface area contributed by atoms with Crippen LogP contribution < -0.4 is 19.7 Å². The van der Waals surface area contributed by atoms with Gasteiger partial charge in [-0.2, -0.15) is 0 Å². The van der Waals surface area contributed by atoms with Crippen molar-refractivity contribution in [3.05, 3.63) is 11.1 Å². The monoisotopic (exact) mass is 322 g/mol. The Morgan fingerprint density at radius 1 is 0.696 bits per heavy atom. The second-order valence-corrected chi connectivity index (χ2v) is 6.85. The fourth-order valence-electron chi connectivity index (χ4n) is 2.96. The number of rotatable bonds is 4. The molecule has 1 aliphatic rings. The molecule has 2 rings (SSSR count). The highest BCUT2D eigenvalue weighted by atomic mass is 16.7. The van der Waals surface area contributed by atoms with Gasteiger partial charge in [-0.25, -0.2) is 0 Å². The number of hydrogen-bond donors (Lipinski definition) is 0. The molecular formula is C17H27BO5. The third kappa shape index (κ3) is 2.68. The summed E-state index contributed by atoms with van der Waals surface area (Å²) in [5, 5.41) is 0. The average molecular weight is 322 g/mol. The van der Waals surface area contributed by atoms with Crippen LogP contribution in [0.5, 0.6) is 17.2 Å². The van der Waals surface area contributed by atoms with Crippen LogP contribution in [0.1, 0.15) is 38.8 Å². The van der Waals surface area contributed by atoms with E-state index >= 15 is 0 Å². The highest BCUT2D eigenvalue weighted by Crippen LogP contribution is 2.43. The Balaban J connectivity index is 2.65. The molecule has 0 unspecified atom stereocenters. The maximum absolute atomic E-state index is 6.21. The average Bonchev–Trinajstić information content (AvgIpc) is 2.66. The van der Waals surface area contributed by atoms with Gasteiger partial charge < -0.3 is 23.5 Å². The molecule has 1 saturated heterocycles. The normalized spacial score (nSPS) is 18.9. The second-order valence-electron chi connectivity index (χ2n) is 6.85. The summed E-state index contributed by atoms with van der Waals surface area (Å²) in [5.74, 6) is 1.87. The highest BCUT2D eigenvalue weighted by molar-refractivity contribution is 6.63. The molecule has 0 aromatic heterocycles. The minimum atomic E-state index is -0.478. The smallest absolute Gasteiger partial charge is 0.492 e. The number of ether oxygens (including phenoxy) is 3. The van der Waals surface area contributed by atoms with E-state index in [2.05, 4.69) is 0 Å². The molecule has 0 spiro atoms. The Bertz CT molecular complexity index is 562. The van der Waals surface area contributed by atoms with Gasteiger partial charge in [0.1, 0.15) is 0 Å². The maximum atomic E-state index is 6.21. The van der Waals surface area contributed by atoms with Gasteiger partial charge >= 0.3 is 7.12 Å². The van der Waals surface area contributed by atoms with Crippen molar-refractivity contribution in [2.45, 2.75) is 52.7 Å². The largest absolute Gasteiger partial charge is 0.495 e. The first-order chi connectivity index (χ1) is 10.6. The van der Waals surface area contributed by atoms with E-state index in [0.717, 1.165) is 16.6 Å². The Morgan fingerprint density at radius 3 is 1.35 bits per heavy atom. The summed E-state index contributed by atoms with van der Waals surface area (Å²) < 4.78 is 29.0. The first-order valence-corrected chi connectivity index (χ1v) is 7.76. The van der Waals surface area contributed by atoms with Crippen LogP contribution in [-0.2, 0) is 9.31 Å². The molecule has 1 aromatic carbocycles. The van der Waals surface area contributed by atoms with Crippen LogP contribution in [0.15, 0.2) is 0 Å². The lowest BCUT2D eigenvalue weighted by atomic mass is 9.72.